The van der Waals surface area contributed by atoms with Crippen molar-refractivity contribution in [3.05, 3.63) is 69.9 Å². The third-order valence-corrected chi connectivity index (χ3v) is 4.01. The number of nitrogens with two attached hydrogens (primary N) is 1. The maximum Gasteiger partial charge on any atom is 0.152 e. The fourth-order valence-electron chi connectivity index (χ4n) is 2.32. The van der Waals surface area contributed by atoms with E-state index in [-0.39, 0.29) is 6.04 Å². The third kappa shape index (κ3) is 2.21. The number of para-hydroxylation sites is 1. The minimum atomic E-state index is -0.280. The van der Waals surface area contributed by atoms with Crippen LogP contribution in [0.4, 0.5) is 0 Å². The zero-order chi connectivity index (χ0) is 14.3. The highest BCUT2D eigenvalue weighted by Gasteiger charge is 2.15. The van der Waals surface area contributed by atoms with Gasteiger partial charge in [0.25, 0.3) is 0 Å². The highest BCUT2D eigenvalue weighted by Crippen LogP contribution is 2.31. The molecule has 0 bridgehead atoms. The summed E-state index contributed by atoms with van der Waals surface area (Å²) in [6.07, 6.45) is 0. The van der Waals surface area contributed by atoms with Gasteiger partial charge in [-0.2, -0.15) is 0 Å². The van der Waals surface area contributed by atoms with Crippen LogP contribution in [0.5, 0.6) is 0 Å². The Morgan fingerprint density at radius 2 is 1.85 bits per heavy atom. The van der Waals surface area contributed by atoms with Gasteiger partial charge in [0.1, 0.15) is 5.76 Å². The molecule has 1 heterocycles. The van der Waals surface area contributed by atoms with Crippen LogP contribution in [0.3, 0.4) is 0 Å². The Kier molecular flexibility index (Phi) is 3.28. The second-order valence-electron chi connectivity index (χ2n) is 5.13. The standard InChI is InChI=1S/C17H16ClNO/c1-10-6-7-12(8-11(10)2)16(19)15-9-13-4-3-5-14(18)17(13)20-15/h3-9,16H,19H2,1-2H3. The van der Waals surface area contributed by atoms with E-state index in [1.54, 1.807) is 0 Å². The molecule has 1 atom stereocenters. The van der Waals surface area contributed by atoms with Gasteiger partial charge in [0.15, 0.2) is 5.58 Å². The van der Waals surface area contributed by atoms with Crippen molar-refractivity contribution in [2.45, 2.75) is 19.9 Å². The number of fused-ring (bicyclic) bond motifs is 1. The second kappa shape index (κ2) is 4.97. The summed E-state index contributed by atoms with van der Waals surface area (Å²) in [5.41, 5.74) is 10.5. The molecule has 0 fully saturated rings. The molecule has 1 unspecified atom stereocenters. The molecule has 2 aromatic carbocycles. The molecule has 0 saturated carbocycles. The van der Waals surface area contributed by atoms with Crippen LogP contribution in [0.1, 0.15) is 28.5 Å². The maximum absolute atomic E-state index is 6.31. The lowest BCUT2D eigenvalue weighted by atomic mass is 10.00. The van der Waals surface area contributed by atoms with E-state index in [0.29, 0.717) is 10.6 Å². The summed E-state index contributed by atoms with van der Waals surface area (Å²) < 4.78 is 5.83. The molecule has 0 spiro atoms. The fourth-order valence-corrected chi connectivity index (χ4v) is 2.54. The Morgan fingerprint density at radius 1 is 1.05 bits per heavy atom. The SMILES string of the molecule is Cc1ccc(C(N)c2cc3cccc(Cl)c3o2)cc1C. The maximum atomic E-state index is 6.31. The number of aryl methyl sites for hydroxylation is 2. The minimum Gasteiger partial charge on any atom is -0.457 e. The number of hydrogen-bond donors (Lipinski definition) is 1. The molecule has 3 heteroatoms. The van der Waals surface area contributed by atoms with Gasteiger partial charge in [-0.15, -0.1) is 0 Å². The van der Waals surface area contributed by atoms with Gasteiger partial charge < -0.3 is 10.2 Å². The van der Waals surface area contributed by atoms with Crippen molar-refractivity contribution in [2.75, 3.05) is 0 Å². The summed E-state index contributed by atoms with van der Waals surface area (Å²) in [7, 11) is 0. The van der Waals surface area contributed by atoms with Crippen molar-refractivity contribution in [3.63, 3.8) is 0 Å². The molecule has 0 amide bonds. The minimum absolute atomic E-state index is 0.280. The van der Waals surface area contributed by atoms with Crippen molar-refractivity contribution in [1.82, 2.24) is 0 Å². The average Bonchev–Trinajstić information content (AvgIpc) is 2.86. The summed E-state index contributed by atoms with van der Waals surface area (Å²) in [5, 5.41) is 1.59. The van der Waals surface area contributed by atoms with Crippen LogP contribution in [0, 0.1) is 13.8 Å². The van der Waals surface area contributed by atoms with E-state index in [9.17, 15) is 0 Å². The van der Waals surface area contributed by atoms with E-state index in [2.05, 4.69) is 26.0 Å². The summed E-state index contributed by atoms with van der Waals surface area (Å²) in [5.74, 6) is 0.733. The first-order chi connectivity index (χ1) is 9.56. The normalized spacial score (nSPS) is 12.8. The number of furan rings is 1. The first-order valence-corrected chi connectivity index (χ1v) is 6.95. The summed E-state index contributed by atoms with van der Waals surface area (Å²) in [6.45, 7) is 4.17. The summed E-state index contributed by atoms with van der Waals surface area (Å²) >= 11 is 6.13. The van der Waals surface area contributed by atoms with E-state index < -0.39 is 0 Å². The molecule has 0 saturated heterocycles. The van der Waals surface area contributed by atoms with Crippen LogP contribution in [-0.4, -0.2) is 0 Å². The first-order valence-electron chi connectivity index (χ1n) is 6.57. The van der Waals surface area contributed by atoms with Gasteiger partial charge in [0.05, 0.1) is 11.1 Å². The van der Waals surface area contributed by atoms with Crippen molar-refractivity contribution < 1.29 is 4.42 Å². The topological polar surface area (TPSA) is 39.2 Å². The number of halogens is 1. The van der Waals surface area contributed by atoms with Gasteiger partial charge >= 0.3 is 0 Å². The monoisotopic (exact) mass is 285 g/mol. The summed E-state index contributed by atoms with van der Waals surface area (Å²) in [4.78, 5) is 0. The van der Waals surface area contributed by atoms with Crippen LogP contribution >= 0.6 is 11.6 Å². The van der Waals surface area contributed by atoms with Crippen LogP contribution in [-0.2, 0) is 0 Å². The molecule has 1 aromatic heterocycles. The van der Waals surface area contributed by atoms with E-state index >= 15 is 0 Å². The lowest BCUT2D eigenvalue weighted by Crippen LogP contribution is -2.11. The molecule has 3 aromatic rings. The van der Waals surface area contributed by atoms with Crippen LogP contribution < -0.4 is 5.73 Å². The van der Waals surface area contributed by atoms with Crippen LogP contribution in [0.2, 0.25) is 5.02 Å². The molecule has 0 aliphatic carbocycles. The first kappa shape index (κ1) is 13.2. The highest BCUT2D eigenvalue weighted by atomic mass is 35.5. The molecule has 0 radical (unpaired) electrons. The lowest BCUT2D eigenvalue weighted by Gasteiger charge is -2.11. The van der Waals surface area contributed by atoms with Gasteiger partial charge in [0.2, 0.25) is 0 Å². The predicted molar refractivity (Wildman–Crippen MR) is 83.2 cm³/mol. The molecule has 3 rings (SSSR count). The van der Waals surface area contributed by atoms with Crippen molar-refractivity contribution in [1.29, 1.82) is 0 Å². The van der Waals surface area contributed by atoms with Crippen molar-refractivity contribution in [2.24, 2.45) is 5.73 Å². The quantitative estimate of drug-likeness (QED) is 0.738. The Labute approximate surface area is 123 Å². The lowest BCUT2D eigenvalue weighted by molar-refractivity contribution is 0.525. The highest BCUT2D eigenvalue weighted by molar-refractivity contribution is 6.34. The summed E-state index contributed by atoms with van der Waals surface area (Å²) in [6, 6.07) is 13.6. The molecule has 0 aliphatic heterocycles. The molecule has 102 valence electrons. The van der Waals surface area contributed by atoms with E-state index in [4.69, 9.17) is 21.8 Å². The zero-order valence-corrected chi connectivity index (χ0v) is 12.2. The molecule has 2 N–H and O–H groups in total. The number of rotatable bonds is 2. The Bertz CT molecular complexity index is 776. The van der Waals surface area contributed by atoms with E-state index in [0.717, 1.165) is 16.7 Å². The molecule has 20 heavy (non-hydrogen) atoms. The molecular formula is C17H16ClNO. The smallest absolute Gasteiger partial charge is 0.152 e. The van der Waals surface area contributed by atoms with Crippen LogP contribution in [0.15, 0.2) is 46.9 Å². The third-order valence-electron chi connectivity index (χ3n) is 3.71. The Hall–Kier alpha value is -1.77. The average molecular weight is 286 g/mol. The van der Waals surface area contributed by atoms with Crippen molar-refractivity contribution in [3.8, 4) is 0 Å². The van der Waals surface area contributed by atoms with Crippen molar-refractivity contribution >= 4 is 22.6 Å². The Balaban J connectivity index is 2.05. The van der Waals surface area contributed by atoms with Gasteiger partial charge in [-0.05, 0) is 42.7 Å². The van der Waals surface area contributed by atoms with Crippen LogP contribution in [0.25, 0.3) is 11.0 Å². The van der Waals surface area contributed by atoms with Gasteiger partial charge in [0, 0.05) is 5.39 Å². The van der Waals surface area contributed by atoms with Gasteiger partial charge in [-0.3, -0.25) is 0 Å². The molecule has 2 nitrogen and oxygen atoms in total. The molecular weight excluding hydrogens is 270 g/mol. The zero-order valence-electron chi connectivity index (χ0n) is 11.5. The number of benzene rings is 2. The Morgan fingerprint density at radius 3 is 2.55 bits per heavy atom. The second-order valence-corrected chi connectivity index (χ2v) is 5.54. The molecule has 0 aliphatic rings. The largest absolute Gasteiger partial charge is 0.457 e. The van der Waals surface area contributed by atoms with Gasteiger partial charge in [-0.1, -0.05) is 41.9 Å². The predicted octanol–water partition coefficient (Wildman–Crippen LogP) is 4.75. The number of hydrogen-bond acceptors (Lipinski definition) is 2. The fraction of sp³-hybridized carbons (Fsp3) is 0.176. The van der Waals surface area contributed by atoms with E-state index in [1.807, 2.05) is 30.3 Å². The van der Waals surface area contributed by atoms with Gasteiger partial charge in [-0.25, -0.2) is 0 Å². The van der Waals surface area contributed by atoms with E-state index in [1.165, 1.54) is 11.1 Å².